The van der Waals surface area contributed by atoms with Crippen LogP contribution >= 0.6 is 11.8 Å². The van der Waals surface area contributed by atoms with Crippen LogP contribution in [-0.2, 0) is 0 Å². The SMILES string of the molecule is COc1ccc(C(=O)Nc2cccc(SCCCN3C(=O)c4ccccc4C3=O)c2)cc1. The van der Waals surface area contributed by atoms with E-state index in [4.69, 9.17) is 4.74 Å². The Morgan fingerprint density at radius 1 is 0.938 bits per heavy atom. The minimum Gasteiger partial charge on any atom is -0.497 e. The Morgan fingerprint density at radius 2 is 1.62 bits per heavy atom. The van der Waals surface area contributed by atoms with Crippen LogP contribution in [0.1, 0.15) is 37.5 Å². The van der Waals surface area contributed by atoms with E-state index in [-0.39, 0.29) is 17.7 Å². The van der Waals surface area contributed by atoms with Crippen molar-refractivity contribution >= 4 is 35.2 Å². The van der Waals surface area contributed by atoms with Crippen molar-refractivity contribution in [2.75, 3.05) is 24.7 Å². The van der Waals surface area contributed by atoms with Crippen LogP contribution in [0.2, 0.25) is 0 Å². The molecule has 1 heterocycles. The Bertz CT molecular complexity index is 1130. The number of amides is 3. The number of rotatable bonds is 8. The first-order valence-corrected chi connectivity index (χ1v) is 11.2. The number of carbonyl (C=O) groups is 3. The Kier molecular flexibility index (Phi) is 6.56. The van der Waals surface area contributed by atoms with Gasteiger partial charge >= 0.3 is 0 Å². The van der Waals surface area contributed by atoms with Crippen molar-refractivity contribution in [1.82, 2.24) is 4.90 Å². The summed E-state index contributed by atoms with van der Waals surface area (Å²) in [4.78, 5) is 39.6. The topological polar surface area (TPSA) is 75.7 Å². The van der Waals surface area contributed by atoms with Crippen LogP contribution in [-0.4, -0.2) is 42.0 Å². The van der Waals surface area contributed by atoms with E-state index < -0.39 is 0 Å². The maximum atomic E-state index is 12.5. The lowest BCUT2D eigenvalue weighted by molar-refractivity contribution is 0.0654. The molecule has 0 bridgehead atoms. The first-order valence-electron chi connectivity index (χ1n) is 10.2. The molecule has 6 nitrogen and oxygen atoms in total. The summed E-state index contributed by atoms with van der Waals surface area (Å²) in [5.41, 5.74) is 2.21. The highest BCUT2D eigenvalue weighted by molar-refractivity contribution is 7.99. The van der Waals surface area contributed by atoms with Gasteiger partial charge in [0.2, 0.25) is 0 Å². The summed E-state index contributed by atoms with van der Waals surface area (Å²) in [6, 6.07) is 21.4. The number of thioether (sulfide) groups is 1. The van der Waals surface area contributed by atoms with Crippen LogP contribution in [0, 0.1) is 0 Å². The van der Waals surface area contributed by atoms with E-state index in [0.717, 1.165) is 10.6 Å². The molecule has 0 radical (unpaired) electrons. The van der Waals surface area contributed by atoms with Gasteiger partial charge in [-0.1, -0.05) is 18.2 Å². The molecule has 7 heteroatoms. The average molecular weight is 447 g/mol. The van der Waals surface area contributed by atoms with Gasteiger partial charge in [-0.2, -0.15) is 0 Å². The van der Waals surface area contributed by atoms with Gasteiger partial charge in [0.05, 0.1) is 18.2 Å². The van der Waals surface area contributed by atoms with Gasteiger partial charge in [-0.05, 0) is 66.8 Å². The molecule has 1 aliphatic rings. The van der Waals surface area contributed by atoms with E-state index >= 15 is 0 Å². The third kappa shape index (κ3) is 4.68. The highest BCUT2D eigenvalue weighted by atomic mass is 32.2. The fourth-order valence-corrected chi connectivity index (χ4v) is 4.36. The summed E-state index contributed by atoms with van der Waals surface area (Å²) >= 11 is 1.62. The maximum absolute atomic E-state index is 12.5. The number of hydrogen-bond acceptors (Lipinski definition) is 5. The molecule has 3 aromatic rings. The van der Waals surface area contributed by atoms with E-state index in [2.05, 4.69) is 5.32 Å². The summed E-state index contributed by atoms with van der Waals surface area (Å²) in [6.45, 7) is 0.382. The highest BCUT2D eigenvalue weighted by Gasteiger charge is 2.34. The number of carbonyl (C=O) groups excluding carboxylic acids is 3. The van der Waals surface area contributed by atoms with E-state index in [9.17, 15) is 14.4 Å². The molecule has 1 N–H and O–H groups in total. The quantitative estimate of drug-likeness (QED) is 0.308. The van der Waals surface area contributed by atoms with Crippen LogP contribution in [0.3, 0.4) is 0 Å². The molecule has 162 valence electrons. The molecule has 1 aliphatic heterocycles. The summed E-state index contributed by atoms with van der Waals surface area (Å²) < 4.78 is 5.12. The molecule has 0 aromatic heterocycles. The smallest absolute Gasteiger partial charge is 0.261 e. The van der Waals surface area contributed by atoms with Crippen LogP contribution < -0.4 is 10.1 Å². The zero-order valence-electron chi connectivity index (χ0n) is 17.5. The lowest BCUT2D eigenvalue weighted by Gasteiger charge is -2.13. The second-order valence-electron chi connectivity index (χ2n) is 7.22. The summed E-state index contributed by atoms with van der Waals surface area (Å²) in [7, 11) is 1.58. The third-order valence-electron chi connectivity index (χ3n) is 5.12. The van der Waals surface area contributed by atoms with Gasteiger partial charge in [0.1, 0.15) is 5.75 Å². The number of fused-ring (bicyclic) bond motifs is 1. The van der Waals surface area contributed by atoms with Crippen LogP contribution in [0.25, 0.3) is 0 Å². The summed E-state index contributed by atoms with van der Waals surface area (Å²) in [5, 5.41) is 2.90. The summed E-state index contributed by atoms with van der Waals surface area (Å²) in [6.07, 6.45) is 0.679. The van der Waals surface area contributed by atoms with Gasteiger partial charge in [0, 0.05) is 22.7 Å². The van der Waals surface area contributed by atoms with E-state index in [1.807, 2.05) is 24.3 Å². The number of hydrogen-bond donors (Lipinski definition) is 1. The van der Waals surface area contributed by atoms with Gasteiger partial charge in [-0.3, -0.25) is 19.3 Å². The number of imide groups is 1. The Labute approximate surface area is 190 Å². The predicted octanol–water partition coefficient (Wildman–Crippen LogP) is 4.73. The fraction of sp³-hybridized carbons (Fsp3) is 0.160. The first-order chi connectivity index (χ1) is 15.6. The maximum Gasteiger partial charge on any atom is 0.261 e. The molecule has 0 spiro atoms. The second kappa shape index (κ2) is 9.70. The second-order valence-corrected chi connectivity index (χ2v) is 8.39. The minimum absolute atomic E-state index is 0.194. The number of ether oxygens (including phenoxy) is 1. The van der Waals surface area contributed by atoms with Gasteiger partial charge in [-0.25, -0.2) is 0 Å². The monoisotopic (exact) mass is 446 g/mol. The standard InChI is InChI=1S/C25H22N2O4S/c1-31-19-12-10-17(11-13-19)23(28)26-18-6-4-7-20(16-18)32-15-5-14-27-24(29)21-8-2-3-9-22(21)25(27)30/h2-4,6-13,16H,5,14-15H2,1H3,(H,26,28). The molecule has 0 fully saturated rings. The number of benzene rings is 3. The number of methoxy groups -OCH3 is 1. The van der Waals surface area contributed by atoms with Crippen LogP contribution in [0.5, 0.6) is 5.75 Å². The van der Waals surface area contributed by atoms with Crippen molar-refractivity contribution in [3.63, 3.8) is 0 Å². The number of anilines is 1. The number of nitrogens with zero attached hydrogens (tertiary/aromatic N) is 1. The molecule has 0 saturated carbocycles. The van der Waals surface area contributed by atoms with Crippen molar-refractivity contribution in [2.45, 2.75) is 11.3 Å². The van der Waals surface area contributed by atoms with E-state index in [1.54, 1.807) is 67.4 Å². The Balaban J connectivity index is 1.28. The molecule has 0 aliphatic carbocycles. The molecule has 4 rings (SSSR count). The lowest BCUT2D eigenvalue weighted by atomic mass is 10.1. The normalized spacial score (nSPS) is 12.6. The average Bonchev–Trinajstić information content (AvgIpc) is 3.07. The van der Waals surface area contributed by atoms with Crippen molar-refractivity contribution in [1.29, 1.82) is 0 Å². The Morgan fingerprint density at radius 3 is 2.28 bits per heavy atom. The molecular weight excluding hydrogens is 424 g/mol. The third-order valence-corrected chi connectivity index (χ3v) is 6.20. The predicted molar refractivity (Wildman–Crippen MR) is 125 cm³/mol. The van der Waals surface area contributed by atoms with Gasteiger partial charge < -0.3 is 10.1 Å². The minimum atomic E-state index is -0.223. The first kappa shape index (κ1) is 21.6. The molecule has 0 atom stereocenters. The fourth-order valence-electron chi connectivity index (χ4n) is 3.46. The molecular formula is C25H22N2O4S. The van der Waals surface area contributed by atoms with Crippen LogP contribution in [0.15, 0.2) is 77.7 Å². The van der Waals surface area contributed by atoms with Crippen molar-refractivity contribution in [3.8, 4) is 5.75 Å². The molecule has 3 amide bonds. The lowest BCUT2D eigenvalue weighted by Crippen LogP contribution is -2.30. The Hall–Kier alpha value is -3.58. The zero-order chi connectivity index (χ0) is 22.5. The van der Waals surface area contributed by atoms with E-state index in [1.165, 1.54) is 4.90 Å². The van der Waals surface area contributed by atoms with Gasteiger partial charge in [0.25, 0.3) is 17.7 Å². The van der Waals surface area contributed by atoms with E-state index in [0.29, 0.717) is 41.1 Å². The molecule has 0 saturated heterocycles. The van der Waals surface area contributed by atoms with Crippen LogP contribution in [0.4, 0.5) is 5.69 Å². The molecule has 0 unspecified atom stereocenters. The zero-order valence-corrected chi connectivity index (χ0v) is 18.4. The molecule has 32 heavy (non-hydrogen) atoms. The summed E-state index contributed by atoms with van der Waals surface area (Å²) in [5.74, 6) is 0.794. The highest BCUT2D eigenvalue weighted by Crippen LogP contribution is 2.25. The van der Waals surface area contributed by atoms with Gasteiger partial charge in [-0.15, -0.1) is 11.8 Å². The van der Waals surface area contributed by atoms with Crippen molar-refractivity contribution < 1.29 is 19.1 Å². The number of nitrogens with one attached hydrogen (secondary N) is 1. The van der Waals surface area contributed by atoms with Crippen molar-refractivity contribution in [3.05, 3.63) is 89.5 Å². The van der Waals surface area contributed by atoms with Crippen molar-refractivity contribution in [2.24, 2.45) is 0 Å². The van der Waals surface area contributed by atoms with Gasteiger partial charge in [0.15, 0.2) is 0 Å². The largest absolute Gasteiger partial charge is 0.497 e. The molecule has 3 aromatic carbocycles.